The Morgan fingerprint density at radius 3 is 2.56 bits per heavy atom. The summed E-state index contributed by atoms with van der Waals surface area (Å²) < 4.78 is 15.0. The topological polar surface area (TPSA) is 96.5 Å². The third-order valence-electron chi connectivity index (χ3n) is 7.23. The number of nitrogens with one attached hydrogen (secondary N) is 1. The van der Waals surface area contributed by atoms with Crippen LogP contribution in [0, 0.1) is 5.82 Å². The van der Waals surface area contributed by atoms with Gasteiger partial charge >= 0.3 is 0 Å². The van der Waals surface area contributed by atoms with E-state index >= 15 is 0 Å². The monoisotopic (exact) mass is 490 g/mol. The van der Waals surface area contributed by atoms with E-state index in [1.54, 1.807) is 23.0 Å². The number of hydrogen-bond donors (Lipinski definition) is 2. The summed E-state index contributed by atoms with van der Waals surface area (Å²) in [4.78, 5) is 30.3. The molecule has 1 saturated carbocycles. The lowest BCUT2D eigenvalue weighted by Gasteiger charge is -2.35. The zero-order chi connectivity index (χ0) is 25.2. The molecule has 9 heteroatoms. The minimum Gasteiger partial charge on any atom is -0.366 e. The Morgan fingerprint density at radius 1 is 1.14 bits per heavy atom. The molecule has 2 fully saturated rings. The van der Waals surface area contributed by atoms with Crippen LogP contribution in [-0.4, -0.2) is 77.2 Å². The molecule has 0 unspecified atom stereocenters. The molecule has 0 spiro atoms. The van der Waals surface area contributed by atoms with Gasteiger partial charge in [-0.05, 0) is 61.0 Å². The Kier molecular flexibility index (Phi) is 6.84. The van der Waals surface area contributed by atoms with Gasteiger partial charge in [-0.15, -0.1) is 0 Å². The van der Waals surface area contributed by atoms with E-state index in [-0.39, 0.29) is 23.7 Å². The molecule has 0 bridgehead atoms. The number of nitrogens with two attached hydrogens (primary N) is 1. The number of likely N-dealkylation sites (N-methyl/N-ethyl adjacent to an activating group) is 1. The number of amides is 2. The Labute approximate surface area is 209 Å². The van der Waals surface area contributed by atoms with Crippen LogP contribution >= 0.6 is 0 Å². The van der Waals surface area contributed by atoms with E-state index in [0.29, 0.717) is 30.8 Å². The smallest absolute Gasteiger partial charge is 0.249 e. The quantitative estimate of drug-likeness (QED) is 0.504. The molecule has 1 aliphatic heterocycles. The highest BCUT2D eigenvalue weighted by atomic mass is 19.1. The van der Waals surface area contributed by atoms with E-state index < -0.39 is 11.8 Å². The zero-order valence-corrected chi connectivity index (χ0v) is 20.3. The number of rotatable bonds is 8. The van der Waals surface area contributed by atoms with Gasteiger partial charge in [0.05, 0.1) is 11.6 Å². The fourth-order valence-corrected chi connectivity index (χ4v) is 4.97. The van der Waals surface area contributed by atoms with Crippen molar-refractivity contribution in [3.63, 3.8) is 0 Å². The number of primary amides is 1. The van der Waals surface area contributed by atoms with E-state index in [1.807, 2.05) is 42.4 Å². The second-order valence-electron chi connectivity index (χ2n) is 9.68. The second-order valence-corrected chi connectivity index (χ2v) is 9.68. The van der Waals surface area contributed by atoms with Gasteiger partial charge in [0.25, 0.3) is 0 Å². The maximum atomic E-state index is 13.9. The lowest BCUT2D eigenvalue weighted by Crippen LogP contribution is -2.50. The van der Waals surface area contributed by atoms with Gasteiger partial charge in [0.15, 0.2) is 0 Å². The average Bonchev–Trinajstić information content (AvgIpc) is 3.43. The van der Waals surface area contributed by atoms with Gasteiger partial charge in [0, 0.05) is 62.6 Å². The first-order valence-corrected chi connectivity index (χ1v) is 12.3. The van der Waals surface area contributed by atoms with E-state index in [1.165, 1.54) is 12.1 Å². The van der Waals surface area contributed by atoms with E-state index in [9.17, 15) is 14.0 Å². The molecule has 5 rings (SSSR count). The average molecular weight is 491 g/mol. The van der Waals surface area contributed by atoms with Crippen LogP contribution in [0.3, 0.4) is 0 Å². The molecule has 0 radical (unpaired) electrons. The zero-order valence-electron chi connectivity index (χ0n) is 20.3. The first kappa shape index (κ1) is 24.1. The number of carbonyl (C=O) groups excluding carboxylic acids is 2. The van der Waals surface area contributed by atoms with Crippen LogP contribution in [0.1, 0.15) is 39.7 Å². The number of halogens is 1. The summed E-state index contributed by atoms with van der Waals surface area (Å²) in [5.74, 6) is -1.15. The minimum absolute atomic E-state index is 0.0188. The summed E-state index contributed by atoms with van der Waals surface area (Å²) in [5, 5.41) is 7.84. The van der Waals surface area contributed by atoms with E-state index in [2.05, 4.69) is 15.3 Å². The molecule has 36 heavy (non-hydrogen) atoms. The third kappa shape index (κ3) is 5.17. The van der Waals surface area contributed by atoms with Crippen molar-refractivity contribution in [2.24, 2.45) is 5.73 Å². The number of hydrogen-bond acceptors (Lipinski definition) is 5. The molecule has 8 nitrogen and oxygen atoms in total. The van der Waals surface area contributed by atoms with Crippen molar-refractivity contribution in [1.82, 2.24) is 24.9 Å². The number of carbonyl (C=O) groups is 2. The lowest BCUT2D eigenvalue weighted by molar-refractivity contribution is -0.134. The van der Waals surface area contributed by atoms with Crippen LogP contribution in [0.5, 0.6) is 0 Å². The van der Waals surface area contributed by atoms with Crippen LogP contribution in [-0.2, 0) is 4.79 Å². The predicted molar refractivity (Wildman–Crippen MR) is 134 cm³/mol. The Bertz CT molecular complexity index is 1220. The number of nitrogens with zero attached hydrogens (tertiary/aromatic N) is 4. The van der Waals surface area contributed by atoms with Crippen molar-refractivity contribution < 1.29 is 14.0 Å². The van der Waals surface area contributed by atoms with Gasteiger partial charge in [0.1, 0.15) is 5.82 Å². The summed E-state index contributed by atoms with van der Waals surface area (Å²) in [7, 11) is 2.04. The van der Waals surface area contributed by atoms with Crippen molar-refractivity contribution in [1.29, 1.82) is 0 Å². The van der Waals surface area contributed by atoms with Crippen LogP contribution in [0.2, 0.25) is 0 Å². The van der Waals surface area contributed by atoms with Crippen LogP contribution in [0.4, 0.5) is 4.39 Å². The van der Waals surface area contributed by atoms with Crippen LogP contribution in [0.15, 0.2) is 60.9 Å². The first-order chi connectivity index (χ1) is 17.4. The largest absolute Gasteiger partial charge is 0.366 e. The molecule has 2 aliphatic rings. The van der Waals surface area contributed by atoms with Crippen molar-refractivity contribution in [2.75, 3.05) is 39.8 Å². The van der Waals surface area contributed by atoms with Crippen molar-refractivity contribution in [3.8, 4) is 5.69 Å². The Hall–Kier alpha value is -3.56. The maximum absolute atomic E-state index is 13.9. The predicted octanol–water partition coefficient (Wildman–Crippen LogP) is 2.11. The summed E-state index contributed by atoms with van der Waals surface area (Å²) in [5.41, 5.74) is 8.53. The van der Waals surface area contributed by atoms with Crippen molar-refractivity contribution in [2.45, 2.75) is 24.3 Å². The highest BCUT2D eigenvalue weighted by molar-refractivity contribution is 5.97. The first-order valence-electron chi connectivity index (χ1n) is 12.3. The molecule has 1 aromatic heterocycles. The van der Waals surface area contributed by atoms with E-state index in [4.69, 9.17) is 5.73 Å². The molecule has 188 valence electrons. The fourth-order valence-electron chi connectivity index (χ4n) is 4.97. The molecule has 2 amide bonds. The SMILES string of the molecule is CN1CCN(C(=O)[C@H](CN[C@@H]2C[C@H]2c2ccc(F)cc2)c2cc(-n3cccn3)ccc2C(N)=O)CC1. The van der Waals surface area contributed by atoms with Gasteiger partial charge < -0.3 is 20.9 Å². The lowest BCUT2D eigenvalue weighted by atomic mass is 9.91. The summed E-state index contributed by atoms with van der Waals surface area (Å²) in [6.45, 7) is 3.25. The Morgan fingerprint density at radius 2 is 1.89 bits per heavy atom. The molecular weight excluding hydrogens is 459 g/mol. The van der Waals surface area contributed by atoms with Gasteiger partial charge in [-0.3, -0.25) is 9.59 Å². The molecule has 3 aromatic rings. The van der Waals surface area contributed by atoms with Crippen LogP contribution < -0.4 is 11.1 Å². The molecule has 2 heterocycles. The van der Waals surface area contributed by atoms with Crippen LogP contribution in [0.25, 0.3) is 5.69 Å². The molecule has 1 saturated heterocycles. The van der Waals surface area contributed by atoms with Gasteiger partial charge in [-0.25, -0.2) is 9.07 Å². The van der Waals surface area contributed by atoms with Gasteiger partial charge in [-0.1, -0.05) is 12.1 Å². The molecule has 3 N–H and O–H groups in total. The molecule has 1 aliphatic carbocycles. The van der Waals surface area contributed by atoms with Crippen molar-refractivity contribution >= 4 is 11.8 Å². The highest BCUT2D eigenvalue weighted by Gasteiger charge is 2.39. The number of benzene rings is 2. The maximum Gasteiger partial charge on any atom is 0.249 e. The standard InChI is InChI=1S/C27H31FN6O2/c1-32-11-13-33(14-12-32)27(36)24(17-30-25-16-22(25)18-3-5-19(28)6-4-18)23-15-20(34-10-2-9-31-34)7-8-21(23)26(29)35/h2-10,15,22,24-25,30H,11-14,16-17H2,1H3,(H2,29,35)/t22-,24+,25+/m0/s1. The fraction of sp³-hybridized carbons (Fsp3) is 0.370. The van der Waals surface area contributed by atoms with Crippen molar-refractivity contribution in [3.05, 3.63) is 83.4 Å². The molecule has 2 aromatic carbocycles. The minimum atomic E-state index is -0.583. The number of piperazine rings is 1. The normalized spacial score (nSPS) is 20.8. The molecule has 3 atom stereocenters. The summed E-state index contributed by atoms with van der Waals surface area (Å²) in [6.07, 6.45) is 4.41. The number of aromatic nitrogens is 2. The molecular formula is C27H31FN6O2. The van der Waals surface area contributed by atoms with Gasteiger partial charge in [-0.2, -0.15) is 5.10 Å². The summed E-state index contributed by atoms with van der Waals surface area (Å²) >= 11 is 0. The van der Waals surface area contributed by atoms with Gasteiger partial charge in [0.2, 0.25) is 11.8 Å². The Balaban J connectivity index is 1.42. The summed E-state index contributed by atoms with van der Waals surface area (Å²) in [6, 6.07) is 13.9. The van der Waals surface area contributed by atoms with E-state index in [0.717, 1.165) is 30.8 Å². The second kappa shape index (κ2) is 10.2. The third-order valence-corrected chi connectivity index (χ3v) is 7.23. The highest BCUT2D eigenvalue weighted by Crippen LogP contribution is 2.41.